The lowest BCUT2D eigenvalue weighted by Gasteiger charge is -2.34. The fourth-order valence-corrected chi connectivity index (χ4v) is 4.40. The molecule has 0 radical (unpaired) electrons. The number of hydrogen-bond donors (Lipinski definition) is 1. The summed E-state index contributed by atoms with van der Waals surface area (Å²) >= 11 is 0. The Labute approximate surface area is 202 Å². The van der Waals surface area contributed by atoms with Crippen LogP contribution in [0.15, 0.2) is 39.9 Å². The Morgan fingerprint density at radius 1 is 1.16 bits per heavy atom. The lowest BCUT2D eigenvalue weighted by atomic mass is 10.1. The minimum absolute atomic E-state index is 0. The maximum Gasteiger partial charge on any atom is 0.226 e. The van der Waals surface area contributed by atoms with Gasteiger partial charge in [0.05, 0.1) is 18.3 Å². The van der Waals surface area contributed by atoms with Gasteiger partial charge in [-0.25, -0.2) is 4.98 Å². The number of benzene rings is 1. The number of likely N-dealkylation sites (tertiary alicyclic amines) is 1. The zero-order valence-corrected chi connectivity index (χ0v) is 21.0. The minimum atomic E-state index is 0. The number of ether oxygens (including phenoxy) is 1. The summed E-state index contributed by atoms with van der Waals surface area (Å²) in [4.78, 5) is 11.4. The van der Waals surface area contributed by atoms with Crippen LogP contribution >= 0.6 is 24.0 Å². The summed E-state index contributed by atoms with van der Waals surface area (Å²) in [6.45, 7) is 5.57. The number of nitrogens with one attached hydrogen (secondary N) is 1. The predicted molar refractivity (Wildman–Crippen MR) is 135 cm³/mol. The summed E-state index contributed by atoms with van der Waals surface area (Å²) in [6.07, 6.45) is 9.71. The molecule has 1 aromatic carbocycles. The van der Waals surface area contributed by atoms with Crippen LogP contribution in [0.4, 0.5) is 0 Å². The van der Waals surface area contributed by atoms with E-state index < -0.39 is 0 Å². The number of guanidine groups is 1. The van der Waals surface area contributed by atoms with Crippen LogP contribution in [0.1, 0.15) is 49.8 Å². The van der Waals surface area contributed by atoms with E-state index in [4.69, 9.17) is 9.15 Å². The van der Waals surface area contributed by atoms with Crippen molar-refractivity contribution in [2.75, 3.05) is 26.7 Å². The number of nitrogens with zero attached hydrogens (tertiary/aromatic N) is 3. The van der Waals surface area contributed by atoms with Gasteiger partial charge >= 0.3 is 0 Å². The first kappa shape index (κ1) is 24.0. The molecule has 1 aliphatic carbocycles. The molecule has 4 rings (SSSR count). The average molecular weight is 538 g/mol. The zero-order chi connectivity index (χ0) is 20.8. The third-order valence-electron chi connectivity index (χ3n) is 6.27. The Hall–Kier alpha value is -1.61. The molecule has 2 aliphatic rings. The monoisotopic (exact) mass is 538 g/mol. The van der Waals surface area contributed by atoms with E-state index in [-0.39, 0.29) is 24.0 Å². The third-order valence-corrected chi connectivity index (χ3v) is 6.27. The van der Waals surface area contributed by atoms with Gasteiger partial charge in [0.2, 0.25) is 5.89 Å². The van der Waals surface area contributed by atoms with E-state index in [2.05, 4.69) is 39.2 Å². The second-order valence-electron chi connectivity index (χ2n) is 8.58. The molecular formula is C24H35IN4O2. The fraction of sp³-hybridized carbons (Fsp3) is 0.583. The normalized spacial score (nSPS) is 18.3. The quantitative estimate of drug-likeness (QED) is 0.318. The summed E-state index contributed by atoms with van der Waals surface area (Å²) < 4.78 is 11.9. The fourth-order valence-electron chi connectivity index (χ4n) is 4.40. The topological polar surface area (TPSA) is 62.9 Å². The van der Waals surface area contributed by atoms with E-state index in [0.29, 0.717) is 18.5 Å². The van der Waals surface area contributed by atoms with Crippen molar-refractivity contribution in [2.45, 2.75) is 58.1 Å². The highest BCUT2D eigenvalue weighted by atomic mass is 127. The number of rotatable bonds is 6. The Balaban J connectivity index is 0.00000272. The number of piperidine rings is 1. The van der Waals surface area contributed by atoms with E-state index in [1.807, 2.05) is 19.2 Å². The van der Waals surface area contributed by atoms with Crippen LogP contribution in [0, 0.1) is 12.8 Å². The van der Waals surface area contributed by atoms with Crippen molar-refractivity contribution >= 4 is 29.9 Å². The molecule has 1 aromatic heterocycles. The Morgan fingerprint density at radius 2 is 1.87 bits per heavy atom. The second-order valence-corrected chi connectivity index (χ2v) is 8.58. The third kappa shape index (κ3) is 6.68. The van der Waals surface area contributed by atoms with Gasteiger partial charge in [-0.05, 0) is 50.7 Å². The van der Waals surface area contributed by atoms with Gasteiger partial charge in [-0.15, -0.1) is 24.0 Å². The maximum absolute atomic E-state index is 6.20. The lowest BCUT2D eigenvalue weighted by molar-refractivity contribution is 0.00101. The molecule has 31 heavy (non-hydrogen) atoms. The van der Waals surface area contributed by atoms with Crippen molar-refractivity contribution in [1.82, 2.24) is 15.2 Å². The average Bonchev–Trinajstić information content (AvgIpc) is 3.46. The van der Waals surface area contributed by atoms with Crippen molar-refractivity contribution in [2.24, 2.45) is 10.9 Å². The molecule has 2 aromatic rings. The van der Waals surface area contributed by atoms with Gasteiger partial charge in [0.1, 0.15) is 6.26 Å². The highest BCUT2D eigenvalue weighted by Gasteiger charge is 2.24. The molecule has 0 bridgehead atoms. The molecule has 2 fully saturated rings. The molecule has 0 unspecified atom stereocenters. The van der Waals surface area contributed by atoms with Gasteiger partial charge in [0.15, 0.2) is 5.96 Å². The van der Waals surface area contributed by atoms with Crippen LogP contribution in [0.5, 0.6) is 0 Å². The first-order chi connectivity index (χ1) is 14.7. The molecule has 1 saturated carbocycles. The van der Waals surface area contributed by atoms with Crippen LogP contribution in [0.25, 0.3) is 11.5 Å². The highest BCUT2D eigenvalue weighted by molar-refractivity contribution is 14.0. The molecule has 0 spiro atoms. The first-order valence-electron chi connectivity index (χ1n) is 11.3. The summed E-state index contributed by atoms with van der Waals surface area (Å²) in [5.74, 6) is 2.37. The number of halogens is 1. The molecule has 0 amide bonds. The SMILES string of the molecule is CN=C(NCc1coc(-c2ccc(C)cc2)n1)N1CCC(OCC2CCCC2)CC1.I. The molecule has 7 heteroatoms. The Kier molecular flexibility index (Phi) is 9.19. The highest BCUT2D eigenvalue weighted by Crippen LogP contribution is 2.26. The maximum atomic E-state index is 6.20. The molecule has 1 saturated heterocycles. The molecule has 6 nitrogen and oxygen atoms in total. The van der Waals surface area contributed by atoms with Crippen LogP contribution in [-0.2, 0) is 11.3 Å². The van der Waals surface area contributed by atoms with Crippen LogP contribution < -0.4 is 5.32 Å². The van der Waals surface area contributed by atoms with Crippen molar-refractivity contribution < 1.29 is 9.15 Å². The number of hydrogen-bond acceptors (Lipinski definition) is 4. The zero-order valence-electron chi connectivity index (χ0n) is 18.7. The van der Waals surface area contributed by atoms with Crippen LogP contribution in [-0.4, -0.2) is 48.7 Å². The summed E-state index contributed by atoms with van der Waals surface area (Å²) in [5.41, 5.74) is 3.10. The predicted octanol–water partition coefficient (Wildman–Crippen LogP) is 5.01. The van der Waals surface area contributed by atoms with E-state index in [0.717, 1.165) is 55.7 Å². The summed E-state index contributed by atoms with van der Waals surface area (Å²) in [5, 5.41) is 3.43. The minimum Gasteiger partial charge on any atom is -0.444 e. The molecule has 2 heterocycles. The van der Waals surface area contributed by atoms with E-state index in [1.54, 1.807) is 6.26 Å². The largest absolute Gasteiger partial charge is 0.444 e. The molecular weight excluding hydrogens is 503 g/mol. The Morgan fingerprint density at radius 3 is 2.55 bits per heavy atom. The first-order valence-corrected chi connectivity index (χ1v) is 11.3. The van der Waals surface area contributed by atoms with E-state index in [1.165, 1.54) is 31.2 Å². The smallest absolute Gasteiger partial charge is 0.226 e. The number of aliphatic imine (C=N–C) groups is 1. The number of aryl methyl sites for hydroxylation is 1. The molecule has 1 aliphatic heterocycles. The molecule has 1 N–H and O–H groups in total. The van der Waals surface area contributed by atoms with Gasteiger partial charge in [-0.1, -0.05) is 30.5 Å². The summed E-state index contributed by atoms with van der Waals surface area (Å²) in [6, 6.07) is 8.22. The number of aromatic nitrogens is 1. The Bertz CT molecular complexity index is 822. The molecule has 170 valence electrons. The van der Waals surface area contributed by atoms with Crippen molar-refractivity contribution in [1.29, 1.82) is 0 Å². The summed E-state index contributed by atoms with van der Waals surface area (Å²) in [7, 11) is 1.84. The van der Waals surface area contributed by atoms with Gasteiger partial charge in [0.25, 0.3) is 0 Å². The van der Waals surface area contributed by atoms with Gasteiger partial charge < -0.3 is 19.4 Å². The van der Waals surface area contributed by atoms with Crippen molar-refractivity contribution in [3.05, 3.63) is 41.8 Å². The number of oxazole rings is 1. The van der Waals surface area contributed by atoms with E-state index >= 15 is 0 Å². The lowest BCUT2D eigenvalue weighted by Crippen LogP contribution is -2.46. The van der Waals surface area contributed by atoms with E-state index in [9.17, 15) is 0 Å². The van der Waals surface area contributed by atoms with Crippen molar-refractivity contribution in [3.63, 3.8) is 0 Å². The van der Waals surface area contributed by atoms with Crippen LogP contribution in [0.2, 0.25) is 0 Å². The van der Waals surface area contributed by atoms with Gasteiger partial charge in [-0.3, -0.25) is 4.99 Å². The van der Waals surface area contributed by atoms with Crippen LogP contribution in [0.3, 0.4) is 0 Å². The van der Waals surface area contributed by atoms with Gasteiger partial charge in [-0.2, -0.15) is 0 Å². The standard InChI is InChI=1S/C24H34N4O2.HI/c1-18-7-9-20(10-8-18)23-27-21(17-30-23)15-26-24(25-2)28-13-11-22(12-14-28)29-16-19-5-3-4-6-19;/h7-10,17,19,22H,3-6,11-16H2,1-2H3,(H,25,26);1H. The van der Waals surface area contributed by atoms with Crippen molar-refractivity contribution in [3.8, 4) is 11.5 Å². The van der Waals surface area contributed by atoms with Gasteiger partial charge in [0, 0.05) is 32.3 Å². The second kappa shape index (κ2) is 11.9. The molecule has 0 atom stereocenters.